The van der Waals surface area contributed by atoms with Crippen molar-refractivity contribution >= 4 is 22.4 Å². The predicted octanol–water partition coefficient (Wildman–Crippen LogP) is 3.49. The van der Waals surface area contributed by atoms with Crippen LogP contribution < -0.4 is 5.73 Å². The summed E-state index contributed by atoms with van der Waals surface area (Å²) in [4.78, 5) is 17.8. The molecule has 0 unspecified atom stereocenters. The molecule has 27 heavy (non-hydrogen) atoms. The van der Waals surface area contributed by atoms with Crippen LogP contribution in [0.15, 0.2) is 60.8 Å². The molecule has 1 aromatic heterocycles. The maximum absolute atomic E-state index is 13.4. The van der Waals surface area contributed by atoms with Crippen molar-refractivity contribution in [3.63, 3.8) is 0 Å². The standard InChI is InChI=1S/C22H22FN3O/c23-18-5-3-4-16(12-18)15-8-10-26(11-9-15)22(27)20(24)13-17-14-25-21-7-2-1-6-19(17)21/h1-8,12,14,20,25H,9-11,13,24H2/t20-/m0/s1. The summed E-state index contributed by atoms with van der Waals surface area (Å²) >= 11 is 0. The van der Waals surface area contributed by atoms with E-state index in [2.05, 4.69) is 4.98 Å². The maximum atomic E-state index is 13.4. The molecular weight excluding hydrogens is 341 g/mol. The number of rotatable bonds is 4. The Balaban J connectivity index is 1.43. The van der Waals surface area contributed by atoms with Crippen molar-refractivity contribution in [2.45, 2.75) is 18.9 Å². The number of carbonyl (C=O) groups is 1. The molecular formula is C22H22FN3O. The first kappa shape index (κ1) is 17.5. The van der Waals surface area contributed by atoms with Crippen LogP contribution >= 0.6 is 0 Å². The lowest BCUT2D eigenvalue weighted by Crippen LogP contribution is -2.46. The number of para-hydroxylation sites is 1. The van der Waals surface area contributed by atoms with E-state index >= 15 is 0 Å². The van der Waals surface area contributed by atoms with E-state index in [0.717, 1.165) is 27.6 Å². The summed E-state index contributed by atoms with van der Waals surface area (Å²) in [7, 11) is 0. The van der Waals surface area contributed by atoms with Gasteiger partial charge in [0.2, 0.25) is 5.91 Å². The van der Waals surface area contributed by atoms with Crippen molar-refractivity contribution in [1.82, 2.24) is 9.88 Å². The van der Waals surface area contributed by atoms with Crippen molar-refractivity contribution in [3.05, 3.63) is 77.7 Å². The number of nitrogens with one attached hydrogen (secondary N) is 1. The van der Waals surface area contributed by atoms with Crippen LogP contribution in [0, 0.1) is 5.82 Å². The lowest BCUT2D eigenvalue weighted by molar-refractivity contribution is -0.132. The normalized spacial score (nSPS) is 15.6. The highest BCUT2D eigenvalue weighted by atomic mass is 19.1. The lowest BCUT2D eigenvalue weighted by atomic mass is 9.98. The van der Waals surface area contributed by atoms with Crippen molar-refractivity contribution in [1.29, 1.82) is 0 Å². The lowest BCUT2D eigenvalue weighted by Gasteiger charge is -2.29. The number of aromatic nitrogens is 1. The molecule has 2 heterocycles. The van der Waals surface area contributed by atoms with Gasteiger partial charge < -0.3 is 15.6 Å². The van der Waals surface area contributed by atoms with Gasteiger partial charge in [-0.1, -0.05) is 36.4 Å². The Hall–Kier alpha value is -2.92. The van der Waals surface area contributed by atoms with Crippen molar-refractivity contribution in [3.8, 4) is 0 Å². The maximum Gasteiger partial charge on any atom is 0.240 e. The zero-order valence-electron chi connectivity index (χ0n) is 15.0. The number of nitrogens with two attached hydrogens (primary N) is 1. The van der Waals surface area contributed by atoms with Crippen molar-refractivity contribution in [2.75, 3.05) is 13.1 Å². The molecule has 0 saturated heterocycles. The van der Waals surface area contributed by atoms with Crippen molar-refractivity contribution < 1.29 is 9.18 Å². The fourth-order valence-corrected chi connectivity index (χ4v) is 3.68. The molecule has 1 amide bonds. The van der Waals surface area contributed by atoms with Gasteiger partial charge in [0.25, 0.3) is 0 Å². The molecule has 0 fully saturated rings. The molecule has 1 aliphatic heterocycles. The topological polar surface area (TPSA) is 62.1 Å². The zero-order valence-corrected chi connectivity index (χ0v) is 15.0. The van der Waals surface area contributed by atoms with Gasteiger partial charge >= 0.3 is 0 Å². The molecule has 0 saturated carbocycles. The molecule has 3 N–H and O–H groups in total. The van der Waals surface area contributed by atoms with Crippen LogP contribution in [-0.4, -0.2) is 34.9 Å². The van der Waals surface area contributed by atoms with Crippen LogP contribution in [0.4, 0.5) is 4.39 Å². The minimum absolute atomic E-state index is 0.0465. The zero-order chi connectivity index (χ0) is 18.8. The second-order valence-corrected chi connectivity index (χ2v) is 6.94. The number of carbonyl (C=O) groups excluding carboxylic acids is 1. The van der Waals surface area contributed by atoms with Gasteiger partial charge in [0.15, 0.2) is 0 Å². The van der Waals surface area contributed by atoms with Gasteiger partial charge in [0.1, 0.15) is 5.82 Å². The van der Waals surface area contributed by atoms with Crippen LogP contribution in [0.1, 0.15) is 17.5 Å². The molecule has 5 heteroatoms. The minimum Gasteiger partial charge on any atom is -0.361 e. The Morgan fingerprint density at radius 1 is 1.22 bits per heavy atom. The highest BCUT2D eigenvalue weighted by molar-refractivity contribution is 5.86. The van der Waals surface area contributed by atoms with E-state index in [1.165, 1.54) is 12.1 Å². The number of hydrogen-bond donors (Lipinski definition) is 2. The first-order valence-corrected chi connectivity index (χ1v) is 9.16. The molecule has 2 aromatic carbocycles. The summed E-state index contributed by atoms with van der Waals surface area (Å²) in [5, 5.41) is 1.10. The van der Waals surface area contributed by atoms with Gasteiger partial charge in [0, 0.05) is 30.2 Å². The van der Waals surface area contributed by atoms with Gasteiger partial charge in [0.05, 0.1) is 6.04 Å². The van der Waals surface area contributed by atoms with Gasteiger partial charge in [-0.05, 0) is 47.7 Å². The van der Waals surface area contributed by atoms with E-state index in [4.69, 9.17) is 5.73 Å². The highest BCUT2D eigenvalue weighted by Gasteiger charge is 2.24. The quantitative estimate of drug-likeness (QED) is 0.745. The molecule has 0 spiro atoms. The third-order valence-corrected chi connectivity index (χ3v) is 5.15. The Labute approximate surface area is 157 Å². The Morgan fingerprint density at radius 2 is 2.07 bits per heavy atom. The first-order valence-electron chi connectivity index (χ1n) is 9.16. The summed E-state index contributed by atoms with van der Waals surface area (Å²) in [6.07, 6.45) is 5.12. The summed E-state index contributed by atoms with van der Waals surface area (Å²) < 4.78 is 13.4. The fourth-order valence-electron chi connectivity index (χ4n) is 3.68. The Bertz CT molecular complexity index is 1010. The van der Waals surface area contributed by atoms with Crippen LogP contribution in [-0.2, 0) is 11.2 Å². The van der Waals surface area contributed by atoms with E-state index < -0.39 is 6.04 Å². The first-order chi connectivity index (χ1) is 13.1. The molecule has 1 aliphatic rings. The van der Waals surface area contributed by atoms with Gasteiger partial charge in [-0.3, -0.25) is 4.79 Å². The third kappa shape index (κ3) is 3.64. The van der Waals surface area contributed by atoms with Gasteiger partial charge in [-0.15, -0.1) is 0 Å². The van der Waals surface area contributed by atoms with E-state index in [9.17, 15) is 9.18 Å². The van der Waals surface area contributed by atoms with Crippen LogP contribution in [0.25, 0.3) is 16.5 Å². The van der Waals surface area contributed by atoms with Crippen LogP contribution in [0.5, 0.6) is 0 Å². The Kier molecular flexibility index (Phi) is 4.77. The number of hydrogen-bond acceptors (Lipinski definition) is 2. The van der Waals surface area contributed by atoms with E-state index in [0.29, 0.717) is 25.9 Å². The number of amides is 1. The van der Waals surface area contributed by atoms with Crippen molar-refractivity contribution in [2.24, 2.45) is 5.73 Å². The van der Waals surface area contributed by atoms with Crippen LogP contribution in [0.3, 0.4) is 0 Å². The average Bonchev–Trinajstić information content (AvgIpc) is 3.10. The number of nitrogens with zero attached hydrogens (tertiary/aromatic N) is 1. The SMILES string of the molecule is N[C@@H](Cc1c[nH]c2ccccc12)C(=O)N1CC=C(c2cccc(F)c2)CC1. The number of aromatic amines is 1. The molecule has 0 bridgehead atoms. The number of H-pyrrole nitrogens is 1. The molecule has 0 aliphatic carbocycles. The predicted molar refractivity (Wildman–Crippen MR) is 106 cm³/mol. The van der Waals surface area contributed by atoms with Crippen LogP contribution in [0.2, 0.25) is 0 Å². The Morgan fingerprint density at radius 3 is 2.85 bits per heavy atom. The smallest absolute Gasteiger partial charge is 0.240 e. The monoisotopic (exact) mass is 363 g/mol. The summed E-state index contributed by atoms with van der Waals surface area (Å²) in [5.74, 6) is -0.289. The summed E-state index contributed by atoms with van der Waals surface area (Å²) in [6.45, 7) is 1.11. The molecule has 3 aromatic rings. The molecule has 0 radical (unpaired) electrons. The number of benzene rings is 2. The second-order valence-electron chi connectivity index (χ2n) is 6.94. The highest BCUT2D eigenvalue weighted by Crippen LogP contribution is 2.24. The summed E-state index contributed by atoms with van der Waals surface area (Å²) in [5.41, 5.74) is 10.3. The summed E-state index contributed by atoms with van der Waals surface area (Å²) in [6, 6.07) is 14.0. The largest absolute Gasteiger partial charge is 0.361 e. The minimum atomic E-state index is -0.576. The van der Waals surface area contributed by atoms with E-state index in [1.807, 2.05) is 42.6 Å². The molecule has 1 atom stereocenters. The molecule has 4 rings (SSSR count). The van der Waals surface area contributed by atoms with Gasteiger partial charge in [-0.25, -0.2) is 4.39 Å². The second kappa shape index (κ2) is 7.37. The molecule has 4 nitrogen and oxygen atoms in total. The van der Waals surface area contributed by atoms with Gasteiger partial charge in [-0.2, -0.15) is 0 Å². The molecule has 138 valence electrons. The average molecular weight is 363 g/mol. The number of halogens is 1. The van der Waals surface area contributed by atoms with E-state index in [1.54, 1.807) is 11.0 Å². The number of fused-ring (bicyclic) bond motifs is 1. The van der Waals surface area contributed by atoms with E-state index in [-0.39, 0.29) is 11.7 Å². The third-order valence-electron chi connectivity index (χ3n) is 5.15. The fraction of sp³-hybridized carbons (Fsp3) is 0.227.